The van der Waals surface area contributed by atoms with E-state index in [-0.39, 0.29) is 4.70 Å². The highest BCUT2D eigenvalue weighted by atomic mass is 79.9. The average Bonchev–Trinajstić information content (AvgIpc) is 0.918. The molecule has 4 heteroatoms. The standard InChI is InChI=1S/Al.2BrH.FH/h;3*1H/q+2;;;/p-2. The van der Waals surface area contributed by atoms with Crippen LogP contribution in [0.15, 0.2) is 0 Å². The Morgan fingerprint density at radius 2 is 1.25 bits per heavy atom. The second-order valence-electron chi connectivity index (χ2n) is 0.0825. The van der Waals surface area contributed by atoms with Crippen LogP contribution < -0.4 is 0 Å². The lowest BCUT2D eigenvalue weighted by Crippen LogP contribution is -1.31. The SMILES string of the molecule is F.[Br][Al][Br]. The fraction of sp³-hybridized carbons (Fsp3) is 0. The van der Waals surface area contributed by atoms with Gasteiger partial charge in [-0.2, -0.15) is 0 Å². The van der Waals surface area contributed by atoms with Crippen LogP contribution in [0.2, 0.25) is 0 Å². The molecule has 0 spiro atoms. The topological polar surface area (TPSA) is 0 Å². The quantitative estimate of drug-likeness (QED) is 0.527. The van der Waals surface area contributed by atoms with Gasteiger partial charge in [0.05, 0.1) is 0 Å². The lowest BCUT2D eigenvalue weighted by atomic mass is 19.0. The molecule has 0 aromatic rings. The summed E-state index contributed by atoms with van der Waals surface area (Å²) in [4.78, 5) is 0. The minimum absolute atomic E-state index is 0. The molecule has 0 bridgehead atoms. The maximum absolute atomic E-state index is 3.15. The van der Waals surface area contributed by atoms with E-state index in [4.69, 9.17) is 0 Å². The van der Waals surface area contributed by atoms with Crippen molar-refractivity contribution in [3.63, 3.8) is 0 Å². The fourth-order valence-electron chi connectivity index (χ4n) is 0. The Bertz CT molecular complexity index is 6.00. The zero-order valence-electron chi connectivity index (χ0n) is 1.74. The third kappa shape index (κ3) is 9.93. The normalized spacial score (nSPS) is 3.50. The van der Waals surface area contributed by atoms with Crippen LogP contribution in [0.5, 0.6) is 0 Å². The maximum Gasteiger partial charge on any atom is 0.424 e. The largest absolute Gasteiger partial charge is 0.424 e. The molecule has 0 aromatic heterocycles. The van der Waals surface area contributed by atoms with Gasteiger partial charge in [0.15, 0.2) is 0 Å². The molecule has 0 fully saturated rings. The van der Waals surface area contributed by atoms with Crippen molar-refractivity contribution >= 4 is 39.7 Å². The highest BCUT2D eigenvalue weighted by Crippen LogP contribution is 1.77. The van der Waals surface area contributed by atoms with Gasteiger partial charge in [0, 0.05) is 0 Å². The van der Waals surface area contributed by atoms with Gasteiger partial charge in [0.2, 0.25) is 0 Å². The Morgan fingerprint density at radius 1 is 1.25 bits per heavy atom. The smallest absolute Gasteiger partial charge is 0.269 e. The van der Waals surface area contributed by atoms with Crippen LogP contribution in [0, 0.1) is 0 Å². The Morgan fingerprint density at radius 3 is 1.25 bits per heavy atom. The fourth-order valence-corrected chi connectivity index (χ4v) is 0. The molecule has 0 saturated heterocycles. The highest BCUT2D eigenvalue weighted by molar-refractivity contribution is 9.47. The van der Waals surface area contributed by atoms with Crippen LogP contribution in [0.3, 0.4) is 0 Å². The highest BCUT2D eigenvalue weighted by Gasteiger charge is 1.56. The van der Waals surface area contributed by atoms with Crippen LogP contribution in [0.4, 0.5) is 4.70 Å². The van der Waals surface area contributed by atoms with Crippen molar-refractivity contribution < 1.29 is 4.70 Å². The van der Waals surface area contributed by atoms with Gasteiger partial charge in [-0.05, 0) is 0 Å². The first kappa shape index (κ1) is 9.05. The van der Waals surface area contributed by atoms with E-state index in [0.29, 0.717) is 11.6 Å². The van der Waals surface area contributed by atoms with Gasteiger partial charge in [0.1, 0.15) is 0 Å². The van der Waals surface area contributed by atoms with Crippen molar-refractivity contribution in [2.24, 2.45) is 0 Å². The first-order chi connectivity index (χ1) is 1.41. The molecule has 25 valence electrons. The van der Waals surface area contributed by atoms with Crippen LogP contribution >= 0.6 is 28.1 Å². The van der Waals surface area contributed by atoms with Gasteiger partial charge in [-0.15, -0.1) is 0 Å². The summed E-state index contributed by atoms with van der Waals surface area (Å²) in [6.45, 7) is 0. The zero-order chi connectivity index (χ0) is 2.71. The van der Waals surface area contributed by atoms with Gasteiger partial charge in [-0.1, -0.05) is 0 Å². The molecule has 0 atom stereocenters. The van der Waals surface area contributed by atoms with Gasteiger partial charge in [0.25, 0.3) is 0 Å². The van der Waals surface area contributed by atoms with Gasteiger partial charge in [-0.25, -0.2) is 28.1 Å². The van der Waals surface area contributed by atoms with Crippen molar-refractivity contribution in [1.82, 2.24) is 0 Å². The predicted octanol–water partition coefficient (Wildman–Crippen LogP) is 1.46. The predicted molar refractivity (Wildman–Crippen MR) is 26.1 cm³/mol. The average molecular weight is 207 g/mol. The van der Waals surface area contributed by atoms with Crippen molar-refractivity contribution in [2.45, 2.75) is 0 Å². The molecular formula is HAlBr2F. The summed E-state index contributed by atoms with van der Waals surface area (Å²) in [5, 5.41) is 0. The number of rotatable bonds is 0. The Labute approximate surface area is 44.3 Å². The number of hydrogen-bond donors (Lipinski definition) is 0. The van der Waals surface area contributed by atoms with Crippen molar-refractivity contribution in [3.05, 3.63) is 0 Å². The van der Waals surface area contributed by atoms with E-state index in [1.165, 1.54) is 0 Å². The number of hydrogen-bond acceptors (Lipinski definition) is 0. The molecule has 0 aliphatic rings. The van der Waals surface area contributed by atoms with Crippen LogP contribution in [0.1, 0.15) is 0 Å². The molecule has 0 rings (SSSR count). The Kier molecular flexibility index (Phi) is 20.0. The Balaban J connectivity index is 0. The maximum atomic E-state index is 3.15. The molecule has 0 unspecified atom stereocenters. The minimum Gasteiger partial charge on any atom is -0.269 e. The summed E-state index contributed by atoms with van der Waals surface area (Å²) in [5.74, 6) is 0. The summed E-state index contributed by atoms with van der Waals surface area (Å²) in [6, 6.07) is 0. The molecule has 0 heterocycles. The van der Waals surface area contributed by atoms with E-state index in [1.807, 2.05) is 0 Å². The summed E-state index contributed by atoms with van der Waals surface area (Å²) in [5.41, 5.74) is 0. The monoisotopic (exact) mass is 205 g/mol. The molecule has 0 aliphatic heterocycles. The molecule has 4 heavy (non-hydrogen) atoms. The van der Waals surface area contributed by atoms with E-state index in [1.54, 1.807) is 0 Å². The molecule has 1 radical (unpaired) electrons. The summed E-state index contributed by atoms with van der Waals surface area (Å²) in [7, 11) is 0. The summed E-state index contributed by atoms with van der Waals surface area (Å²) in [6.07, 6.45) is 0. The first-order valence-corrected chi connectivity index (χ1v) is 6.80. The van der Waals surface area contributed by atoms with E-state index in [0.717, 1.165) is 0 Å². The summed E-state index contributed by atoms with van der Waals surface area (Å²) >= 11 is 6.67. The molecule has 0 amide bonds. The Hall–Kier alpha value is 1.42. The van der Waals surface area contributed by atoms with E-state index in [2.05, 4.69) is 28.1 Å². The lowest BCUT2D eigenvalue weighted by Gasteiger charge is -1.34. The van der Waals surface area contributed by atoms with Crippen LogP contribution in [0.25, 0.3) is 0 Å². The third-order valence-corrected chi connectivity index (χ3v) is 0. The summed E-state index contributed by atoms with van der Waals surface area (Å²) < 4.78 is 0. The van der Waals surface area contributed by atoms with E-state index in [9.17, 15) is 0 Å². The van der Waals surface area contributed by atoms with Gasteiger partial charge in [-0.3, -0.25) is 4.70 Å². The molecule has 0 saturated carbocycles. The molecule has 0 N–H and O–H groups in total. The van der Waals surface area contributed by atoms with Gasteiger partial charge >= 0.3 is 11.6 Å². The van der Waals surface area contributed by atoms with Crippen LogP contribution in [-0.2, 0) is 0 Å². The second-order valence-corrected chi connectivity index (χ2v) is 6.68. The zero-order valence-corrected chi connectivity index (χ0v) is 6.07. The molecule has 0 aliphatic carbocycles. The van der Waals surface area contributed by atoms with Crippen molar-refractivity contribution in [3.8, 4) is 0 Å². The van der Waals surface area contributed by atoms with Crippen molar-refractivity contribution in [2.75, 3.05) is 0 Å². The molecular weight excluding hydrogens is 206 g/mol. The molecule has 0 aromatic carbocycles. The van der Waals surface area contributed by atoms with Crippen molar-refractivity contribution in [1.29, 1.82) is 0 Å². The first-order valence-electron chi connectivity index (χ1n) is 0.436. The third-order valence-electron chi connectivity index (χ3n) is 0. The number of halogens is 3. The second kappa shape index (κ2) is 8.83. The van der Waals surface area contributed by atoms with E-state index < -0.39 is 0 Å². The van der Waals surface area contributed by atoms with Gasteiger partial charge < -0.3 is 0 Å². The molecule has 0 nitrogen and oxygen atoms in total. The minimum atomic E-state index is 0. The lowest BCUT2D eigenvalue weighted by molar-refractivity contribution is 1.11. The van der Waals surface area contributed by atoms with E-state index >= 15 is 0 Å². The van der Waals surface area contributed by atoms with Crippen LogP contribution in [-0.4, -0.2) is 11.6 Å².